The van der Waals surface area contributed by atoms with Gasteiger partial charge in [0.25, 0.3) is 5.91 Å². The number of methoxy groups -OCH3 is 1. The molecular formula is C27H27N7O2S. The van der Waals surface area contributed by atoms with Crippen LogP contribution < -0.4 is 10.6 Å². The minimum atomic E-state index is -0.181. The lowest BCUT2D eigenvalue weighted by Gasteiger charge is -2.22. The van der Waals surface area contributed by atoms with Gasteiger partial charge in [-0.25, -0.2) is 9.67 Å². The molecule has 1 atom stereocenters. The van der Waals surface area contributed by atoms with Crippen molar-refractivity contribution in [3.63, 3.8) is 0 Å². The molecule has 0 aliphatic heterocycles. The summed E-state index contributed by atoms with van der Waals surface area (Å²) in [7, 11) is 1.71. The van der Waals surface area contributed by atoms with Crippen LogP contribution >= 0.6 is 11.3 Å². The number of benzene rings is 2. The van der Waals surface area contributed by atoms with Crippen molar-refractivity contribution in [3.8, 4) is 17.3 Å². The summed E-state index contributed by atoms with van der Waals surface area (Å²) in [6, 6.07) is 17.2. The van der Waals surface area contributed by atoms with E-state index in [9.17, 15) is 4.79 Å². The summed E-state index contributed by atoms with van der Waals surface area (Å²) >= 11 is 1.56. The van der Waals surface area contributed by atoms with Crippen molar-refractivity contribution < 1.29 is 9.53 Å². The summed E-state index contributed by atoms with van der Waals surface area (Å²) in [6.45, 7) is 2.01. The first-order chi connectivity index (χ1) is 18.1. The molecule has 1 aliphatic carbocycles. The minimum Gasteiger partial charge on any atom is -0.383 e. The number of nitriles is 1. The molecule has 0 saturated carbocycles. The Labute approximate surface area is 219 Å². The molecule has 10 heteroatoms. The van der Waals surface area contributed by atoms with E-state index in [1.165, 1.54) is 4.88 Å². The molecule has 0 bridgehead atoms. The van der Waals surface area contributed by atoms with E-state index in [2.05, 4.69) is 32.0 Å². The van der Waals surface area contributed by atoms with Crippen molar-refractivity contribution in [1.82, 2.24) is 25.3 Å². The molecule has 0 radical (unpaired) electrons. The van der Waals surface area contributed by atoms with Crippen LogP contribution in [0.3, 0.4) is 0 Å². The topological polar surface area (TPSA) is 118 Å². The zero-order valence-electron chi connectivity index (χ0n) is 20.5. The van der Waals surface area contributed by atoms with E-state index in [0.29, 0.717) is 35.5 Å². The highest BCUT2D eigenvalue weighted by atomic mass is 32.1. The molecule has 0 spiro atoms. The Kier molecular flexibility index (Phi) is 7.65. The van der Waals surface area contributed by atoms with E-state index in [4.69, 9.17) is 10.00 Å². The fourth-order valence-corrected chi connectivity index (χ4v) is 5.44. The molecule has 5 rings (SSSR count). The van der Waals surface area contributed by atoms with Gasteiger partial charge in [-0.3, -0.25) is 10.1 Å². The predicted octanol–water partition coefficient (Wildman–Crippen LogP) is 3.67. The summed E-state index contributed by atoms with van der Waals surface area (Å²) in [6.07, 6.45) is 4.71. The summed E-state index contributed by atoms with van der Waals surface area (Å²) in [5.74, 6) is -0.181. The smallest absolute Gasteiger partial charge is 0.257 e. The Morgan fingerprint density at radius 3 is 2.95 bits per heavy atom. The number of amides is 1. The number of thiazole rings is 1. The van der Waals surface area contributed by atoms with Crippen LogP contribution in [0.5, 0.6) is 0 Å². The van der Waals surface area contributed by atoms with Gasteiger partial charge in [0.15, 0.2) is 5.13 Å². The second-order valence-corrected chi connectivity index (χ2v) is 10.0. The van der Waals surface area contributed by atoms with Crippen LogP contribution in [0.4, 0.5) is 5.13 Å². The van der Waals surface area contributed by atoms with Crippen LogP contribution in [0.15, 0.2) is 54.7 Å². The summed E-state index contributed by atoms with van der Waals surface area (Å²) in [5.41, 5.74) is 4.81. The van der Waals surface area contributed by atoms with Gasteiger partial charge in [0.1, 0.15) is 5.69 Å². The zero-order valence-corrected chi connectivity index (χ0v) is 21.3. The molecule has 2 aromatic heterocycles. The van der Waals surface area contributed by atoms with Crippen LogP contribution in [-0.2, 0) is 24.1 Å². The number of hydrogen-bond donors (Lipinski definition) is 2. The first kappa shape index (κ1) is 24.8. The van der Waals surface area contributed by atoms with Gasteiger partial charge < -0.3 is 10.1 Å². The average Bonchev–Trinajstić information content (AvgIpc) is 3.55. The van der Waals surface area contributed by atoms with Gasteiger partial charge in [0.05, 0.1) is 36.7 Å². The van der Waals surface area contributed by atoms with Gasteiger partial charge in [-0.1, -0.05) is 29.5 Å². The summed E-state index contributed by atoms with van der Waals surface area (Å²) < 4.78 is 6.86. The second-order valence-electron chi connectivity index (χ2n) is 8.92. The van der Waals surface area contributed by atoms with Gasteiger partial charge in [0.2, 0.25) is 0 Å². The van der Waals surface area contributed by atoms with Gasteiger partial charge in [-0.2, -0.15) is 5.26 Å². The maximum Gasteiger partial charge on any atom is 0.257 e. The van der Waals surface area contributed by atoms with Crippen LogP contribution in [0.25, 0.3) is 11.3 Å². The predicted molar refractivity (Wildman–Crippen MR) is 141 cm³/mol. The van der Waals surface area contributed by atoms with Crippen molar-refractivity contribution in [3.05, 3.63) is 82.0 Å². The van der Waals surface area contributed by atoms with Gasteiger partial charge in [-0.15, -0.1) is 16.4 Å². The minimum absolute atomic E-state index is 0.181. The third kappa shape index (κ3) is 6.09. The highest BCUT2D eigenvalue weighted by Gasteiger charge is 2.23. The molecule has 0 unspecified atom stereocenters. The van der Waals surface area contributed by atoms with Gasteiger partial charge in [0, 0.05) is 35.7 Å². The van der Waals surface area contributed by atoms with Crippen LogP contribution in [0.1, 0.15) is 38.5 Å². The molecule has 0 saturated heterocycles. The number of nitrogens with one attached hydrogen (secondary N) is 2. The molecule has 1 aliphatic rings. The third-order valence-electron chi connectivity index (χ3n) is 6.28. The van der Waals surface area contributed by atoms with Crippen LogP contribution in [0.2, 0.25) is 0 Å². The van der Waals surface area contributed by atoms with E-state index in [1.807, 2.05) is 36.5 Å². The maximum atomic E-state index is 13.0. The molecule has 2 N–H and O–H groups in total. The lowest BCUT2D eigenvalue weighted by Crippen LogP contribution is -2.36. The lowest BCUT2D eigenvalue weighted by molar-refractivity contribution is 0.102. The number of nitrogens with zero attached hydrogens (tertiary/aromatic N) is 5. The van der Waals surface area contributed by atoms with E-state index in [1.54, 1.807) is 41.3 Å². The number of aryl methyl sites for hydroxylation is 1. The Morgan fingerprint density at radius 1 is 1.27 bits per heavy atom. The van der Waals surface area contributed by atoms with Crippen molar-refractivity contribution in [2.24, 2.45) is 0 Å². The number of aromatic nitrogens is 4. The molecule has 4 aromatic rings. The Bertz CT molecular complexity index is 1420. The average molecular weight is 514 g/mol. The third-order valence-corrected chi connectivity index (χ3v) is 7.32. The molecule has 0 fully saturated rings. The number of carbonyl (C=O) groups excluding carboxylic acids is 1. The molecule has 2 aromatic carbocycles. The Morgan fingerprint density at radius 2 is 2.14 bits per heavy atom. The number of rotatable bonds is 9. The second kappa shape index (κ2) is 11.4. The van der Waals surface area contributed by atoms with Crippen LogP contribution in [-0.4, -0.2) is 52.2 Å². The molecule has 37 heavy (non-hydrogen) atoms. The molecule has 2 heterocycles. The first-order valence-electron chi connectivity index (χ1n) is 12.1. The molecule has 1 amide bonds. The number of anilines is 1. The van der Waals surface area contributed by atoms with Crippen LogP contribution in [0, 0.1) is 11.3 Å². The summed E-state index contributed by atoms with van der Waals surface area (Å²) in [5, 5.41) is 24.6. The lowest BCUT2D eigenvalue weighted by atomic mass is 9.98. The molecule has 188 valence electrons. The van der Waals surface area contributed by atoms with E-state index in [-0.39, 0.29) is 5.91 Å². The Hall–Kier alpha value is -3.91. The number of hydrogen-bond acceptors (Lipinski definition) is 8. The molecular weight excluding hydrogens is 486 g/mol. The van der Waals surface area contributed by atoms with Crippen molar-refractivity contribution >= 4 is 22.4 Å². The van der Waals surface area contributed by atoms with E-state index >= 15 is 0 Å². The fraction of sp³-hybridized carbons (Fsp3) is 0.296. The monoisotopic (exact) mass is 513 g/mol. The number of ether oxygens (including phenoxy) is 1. The standard InChI is InChI=1S/C27H27N7O2S/c1-36-12-11-29-22-9-10-23-25(14-22)37-27(30-23)31-26(35)21-4-2-3-19(13-21)16-34-17-24(32-33-34)20-7-5-18(15-28)6-8-20/h2-8,13,17,22,29H,9-12,14,16H2,1H3,(H,30,31,35)/t22-/m0/s1. The SMILES string of the molecule is COCCN[C@H]1CCc2nc(NC(=O)c3cccc(Cn4cc(-c5ccc(C#N)cc5)nn4)c3)sc2C1. The highest BCUT2D eigenvalue weighted by molar-refractivity contribution is 7.15. The van der Waals surface area contributed by atoms with Gasteiger partial charge >= 0.3 is 0 Å². The maximum absolute atomic E-state index is 13.0. The Balaban J connectivity index is 1.21. The number of carbonyl (C=O) groups is 1. The fourth-order valence-electron chi connectivity index (χ4n) is 4.36. The van der Waals surface area contributed by atoms with Gasteiger partial charge in [-0.05, 0) is 49.1 Å². The largest absolute Gasteiger partial charge is 0.383 e. The number of fused-ring (bicyclic) bond motifs is 1. The normalized spacial score (nSPS) is 14.6. The van der Waals surface area contributed by atoms with Crippen molar-refractivity contribution in [2.45, 2.75) is 31.8 Å². The van der Waals surface area contributed by atoms with E-state index in [0.717, 1.165) is 48.3 Å². The molecule has 9 nitrogen and oxygen atoms in total. The summed E-state index contributed by atoms with van der Waals surface area (Å²) in [4.78, 5) is 18.9. The van der Waals surface area contributed by atoms with E-state index < -0.39 is 0 Å². The first-order valence-corrected chi connectivity index (χ1v) is 12.9. The highest BCUT2D eigenvalue weighted by Crippen LogP contribution is 2.30. The van der Waals surface area contributed by atoms with Crippen molar-refractivity contribution in [2.75, 3.05) is 25.6 Å². The van der Waals surface area contributed by atoms with Crippen molar-refractivity contribution in [1.29, 1.82) is 5.26 Å². The quantitative estimate of drug-likeness (QED) is 0.328. The zero-order chi connectivity index (χ0) is 25.6.